The number of rotatable bonds is 23. The molecule has 0 aromatic heterocycles. The van der Waals surface area contributed by atoms with E-state index in [-0.39, 0.29) is 11.6 Å². The molecule has 0 radical (unpaired) electrons. The highest BCUT2D eigenvalue weighted by Gasteiger charge is 2.21. The average molecular weight is 801 g/mol. The smallest absolute Gasteiger partial charge is 0.193 e. The molecule has 0 heterocycles. The summed E-state index contributed by atoms with van der Waals surface area (Å²) in [6.45, 7) is 4.52. The maximum absolute atomic E-state index is 14.0. The first kappa shape index (κ1) is 40.0. The number of ketones is 2. The van der Waals surface area contributed by atoms with E-state index in [2.05, 4.69) is 70.0 Å². The summed E-state index contributed by atoms with van der Waals surface area (Å²) in [6.07, 6.45) is 22.9. The lowest BCUT2D eigenvalue weighted by Gasteiger charge is -2.15. The van der Waals surface area contributed by atoms with E-state index >= 15 is 0 Å². The van der Waals surface area contributed by atoms with Crippen molar-refractivity contribution in [3.63, 3.8) is 0 Å². The Balaban J connectivity index is 1.43. The molecule has 0 aliphatic rings. The SMILES string of the molecule is CCCCCCCCCCc1ccc(C(=O)c2cc(Br)ccc2-c2ccc(Br)cc2C(=O)c2ccc(CCCCCCCCCC)cc2)cc1. The molecule has 0 amide bonds. The summed E-state index contributed by atoms with van der Waals surface area (Å²) in [5, 5.41) is 0. The molecular formula is C46H56Br2O2. The lowest BCUT2D eigenvalue weighted by Crippen LogP contribution is -2.08. The highest BCUT2D eigenvalue weighted by Crippen LogP contribution is 2.34. The number of aryl methyl sites for hydroxylation is 2. The molecule has 4 rings (SSSR count). The summed E-state index contributed by atoms with van der Waals surface area (Å²) in [7, 11) is 0. The minimum absolute atomic E-state index is 0.0495. The molecule has 0 N–H and O–H groups in total. The Labute approximate surface area is 319 Å². The number of hydrogen-bond donors (Lipinski definition) is 0. The summed E-state index contributed by atoms with van der Waals surface area (Å²) in [5.41, 5.74) is 6.51. The summed E-state index contributed by atoms with van der Waals surface area (Å²) in [5.74, 6) is -0.0990. The Kier molecular flexibility index (Phi) is 17.7. The fraction of sp³-hybridized carbons (Fsp3) is 0.435. The van der Waals surface area contributed by atoms with Crippen molar-refractivity contribution in [1.82, 2.24) is 0 Å². The number of carbonyl (C=O) groups is 2. The van der Waals surface area contributed by atoms with Crippen LogP contribution in [-0.2, 0) is 12.8 Å². The lowest BCUT2D eigenvalue weighted by atomic mass is 9.88. The Morgan fingerprint density at radius 3 is 1.08 bits per heavy atom. The average Bonchev–Trinajstić information content (AvgIpc) is 3.14. The largest absolute Gasteiger partial charge is 0.289 e. The van der Waals surface area contributed by atoms with Gasteiger partial charge in [0.15, 0.2) is 11.6 Å². The second kappa shape index (κ2) is 22.2. The van der Waals surface area contributed by atoms with Crippen LogP contribution in [0, 0.1) is 0 Å². The van der Waals surface area contributed by atoms with Gasteiger partial charge in [0.25, 0.3) is 0 Å². The first-order valence-corrected chi connectivity index (χ1v) is 20.9. The Bertz CT molecular complexity index is 1500. The standard InChI is InChI=1S/C46H56Br2O2/c1-3-5-7-9-11-13-15-17-19-35-21-25-37(26-22-35)45(49)43-33-39(47)29-31-41(43)42-32-30-40(48)34-44(42)46(50)38-27-23-36(24-28-38)20-18-16-14-12-10-8-6-4-2/h21-34H,3-20H2,1-2H3. The number of carbonyl (C=O) groups excluding carboxylic acids is 2. The van der Waals surface area contributed by atoms with Crippen LogP contribution in [0.15, 0.2) is 93.9 Å². The molecule has 4 heteroatoms. The number of hydrogen-bond acceptors (Lipinski definition) is 2. The third-order valence-corrected chi connectivity index (χ3v) is 10.8. The minimum Gasteiger partial charge on any atom is -0.289 e. The molecule has 2 nitrogen and oxygen atoms in total. The van der Waals surface area contributed by atoms with Crippen molar-refractivity contribution in [3.8, 4) is 11.1 Å². The van der Waals surface area contributed by atoms with Crippen LogP contribution in [0.2, 0.25) is 0 Å². The third kappa shape index (κ3) is 12.7. The van der Waals surface area contributed by atoms with Crippen LogP contribution in [0.3, 0.4) is 0 Å². The van der Waals surface area contributed by atoms with Crippen molar-refractivity contribution in [2.75, 3.05) is 0 Å². The van der Waals surface area contributed by atoms with Crippen LogP contribution in [0.5, 0.6) is 0 Å². The Morgan fingerprint density at radius 2 is 0.740 bits per heavy atom. The van der Waals surface area contributed by atoms with Gasteiger partial charge in [0, 0.05) is 31.2 Å². The molecule has 0 saturated carbocycles. The molecule has 0 saturated heterocycles. The predicted octanol–water partition coefficient (Wildman–Crippen LogP) is 14.7. The molecule has 50 heavy (non-hydrogen) atoms. The van der Waals surface area contributed by atoms with Crippen molar-refractivity contribution in [1.29, 1.82) is 0 Å². The van der Waals surface area contributed by atoms with Crippen LogP contribution in [0.25, 0.3) is 11.1 Å². The molecule has 0 aliphatic heterocycles. The van der Waals surface area contributed by atoms with Gasteiger partial charge in [-0.1, -0.05) is 196 Å². The van der Waals surface area contributed by atoms with E-state index in [0.717, 1.165) is 32.9 Å². The van der Waals surface area contributed by atoms with Crippen molar-refractivity contribution in [2.45, 2.75) is 129 Å². The molecule has 4 aromatic rings. The summed E-state index contributed by atoms with van der Waals surface area (Å²) in [6, 6.07) is 27.7. The van der Waals surface area contributed by atoms with E-state index in [1.54, 1.807) is 0 Å². The van der Waals surface area contributed by atoms with Gasteiger partial charge in [0.05, 0.1) is 0 Å². The molecular weight excluding hydrogens is 744 g/mol. The maximum Gasteiger partial charge on any atom is 0.193 e. The van der Waals surface area contributed by atoms with Crippen molar-refractivity contribution in [2.24, 2.45) is 0 Å². The molecule has 4 aromatic carbocycles. The summed E-state index contributed by atoms with van der Waals surface area (Å²) < 4.78 is 1.65. The zero-order valence-corrected chi connectivity index (χ0v) is 33.6. The van der Waals surface area contributed by atoms with Gasteiger partial charge in [0.2, 0.25) is 0 Å². The number of benzene rings is 4. The van der Waals surface area contributed by atoms with Crippen molar-refractivity contribution < 1.29 is 9.59 Å². The van der Waals surface area contributed by atoms with Gasteiger partial charge in [-0.3, -0.25) is 9.59 Å². The molecule has 266 valence electrons. The highest BCUT2D eigenvalue weighted by atomic mass is 79.9. The second-order valence-corrected chi connectivity index (χ2v) is 15.7. The van der Waals surface area contributed by atoms with Crippen LogP contribution in [0.1, 0.15) is 160 Å². The topological polar surface area (TPSA) is 34.1 Å². The summed E-state index contributed by atoms with van der Waals surface area (Å²) >= 11 is 7.19. The predicted molar refractivity (Wildman–Crippen MR) is 220 cm³/mol. The van der Waals surface area contributed by atoms with E-state index in [9.17, 15) is 9.59 Å². The molecule has 0 bridgehead atoms. The first-order chi connectivity index (χ1) is 24.4. The van der Waals surface area contributed by atoms with E-state index < -0.39 is 0 Å². The fourth-order valence-electron chi connectivity index (χ4n) is 6.76. The van der Waals surface area contributed by atoms with Gasteiger partial charge in [-0.05, 0) is 72.2 Å². The Morgan fingerprint density at radius 1 is 0.420 bits per heavy atom. The molecule has 0 atom stereocenters. The molecule has 0 spiro atoms. The van der Waals surface area contributed by atoms with Gasteiger partial charge in [0.1, 0.15) is 0 Å². The maximum atomic E-state index is 14.0. The number of halogens is 2. The van der Waals surface area contributed by atoms with Gasteiger partial charge < -0.3 is 0 Å². The molecule has 0 unspecified atom stereocenters. The normalized spacial score (nSPS) is 11.2. The summed E-state index contributed by atoms with van der Waals surface area (Å²) in [4.78, 5) is 28.1. The van der Waals surface area contributed by atoms with E-state index in [1.807, 2.05) is 60.7 Å². The van der Waals surface area contributed by atoms with Gasteiger partial charge in [-0.2, -0.15) is 0 Å². The van der Waals surface area contributed by atoms with E-state index in [4.69, 9.17) is 0 Å². The quantitative estimate of drug-likeness (QED) is 0.0553. The van der Waals surface area contributed by atoms with Crippen LogP contribution in [0.4, 0.5) is 0 Å². The monoisotopic (exact) mass is 798 g/mol. The zero-order valence-electron chi connectivity index (χ0n) is 30.4. The second-order valence-electron chi connectivity index (χ2n) is 13.9. The zero-order chi connectivity index (χ0) is 35.6. The molecule has 0 aliphatic carbocycles. The number of unbranched alkanes of at least 4 members (excludes halogenated alkanes) is 14. The molecule has 0 fully saturated rings. The van der Waals surface area contributed by atoms with Crippen molar-refractivity contribution in [3.05, 3.63) is 127 Å². The van der Waals surface area contributed by atoms with Crippen LogP contribution in [-0.4, -0.2) is 11.6 Å². The third-order valence-electron chi connectivity index (χ3n) is 9.81. The van der Waals surface area contributed by atoms with Gasteiger partial charge in [-0.15, -0.1) is 0 Å². The van der Waals surface area contributed by atoms with E-state index in [0.29, 0.717) is 22.3 Å². The van der Waals surface area contributed by atoms with Crippen LogP contribution >= 0.6 is 31.9 Å². The van der Waals surface area contributed by atoms with Crippen LogP contribution < -0.4 is 0 Å². The van der Waals surface area contributed by atoms with Crippen molar-refractivity contribution >= 4 is 43.4 Å². The van der Waals surface area contributed by atoms with E-state index in [1.165, 1.54) is 114 Å². The fourth-order valence-corrected chi connectivity index (χ4v) is 7.48. The highest BCUT2D eigenvalue weighted by molar-refractivity contribution is 9.10. The minimum atomic E-state index is -0.0495. The van der Waals surface area contributed by atoms with Gasteiger partial charge in [-0.25, -0.2) is 0 Å². The van der Waals surface area contributed by atoms with Gasteiger partial charge >= 0.3 is 0 Å². The lowest BCUT2D eigenvalue weighted by molar-refractivity contribution is 0.103. The Hall–Kier alpha value is -2.82. The first-order valence-electron chi connectivity index (χ1n) is 19.3.